The first-order valence-electron chi connectivity index (χ1n) is 6.95. The van der Waals surface area contributed by atoms with E-state index in [0.29, 0.717) is 0 Å². The molecule has 0 aromatic heterocycles. The van der Waals surface area contributed by atoms with E-state index in [4.69, 9.17) is 4.74 Å². The minimum absolute atomic E-state index is 0.833. The van der Waals surface area contributed by atoms with E-state index in [9.17, 15) is 0 Å². The molecule has 1 fully saturated rings. The monoisotopic (exact) mass is 245 g/mol. The SMILES string of the molecule is C/C=C(\OCCC1CCNCC1)c1ccccc1. The Hall–Kier alpha value is -1.28. The molecule has 0 radical (unpaired) electrons. The van der Waals surface area contributed by atoms with Crippen LogP contribution in [-0.4, -0.2) is 19.7 Å². The van der Waals surface area contributed by atoms with Crippen molar-refractivity contribution >= 4 is 5.76 Å². The van der Waals surface area contributed by atoms with E-state index in [1.807, 2.05) is 13.0 Å². The predicted octanol–water partition coefficient (Wildman–Crippen LogP) is 3.45. The van der Waals surface area contributed by atoms with Crippen molar-refractivity contribution in [2.24, 2.45) is 5.92 Å². The van der Waals surface area contributed by atoms with Crippen LogP contribution in [0.5, 0.6) is 0 Å². The van der Waals surface area contributed by atoms with Crippen LogP contribution < -0.4 is 5.32 Å². The lowest BCUT2D eigenvalue weighted by atomic mass is 9.95. The Morgan fingerprint density at radius 3 is 2.67 bits per heavy atom. The van der Waals surface area contributed by atoms with Gasteiger partial charge in [0.15, 0.2) is 0 Å². The van der Waals surface area contributed by atoms with Crippen LogP contribution in [0.3, 0.4) is 0 Å². The van der Waals surface area contributed by atoms with Crippen molar-refractivity contribution in [2.75, 3.05) is 19.7 Å². The van der Waals surface area contributed by atoms with Gasteiger partial charge in [-0.3, -0.25) is 0 Å². The minimum Gasteiger partial charge on any atom is -0.493 e. The Balaban J connectivity index is 1.78. The molecule has 1 aliphatic heterocycles. The zero-order valence-electron chi connectivity index (χ0n) is 11.2. The molecule has 1 saturated heterocycles. The van der Waals surface area contributed by atoms with Crippen LogP contribution in [0.1, 0.15) is 31.7 Å². The van der Waals surface area contributed by atoms with Crippen LogP contribution in [0.4, 0.5) is 0 Å². The molecule has 98 valence electrons. The van der Waals surface area contributed by atoms with Gasteiger partial charge >= 0.3 is 0 Å². The van der Waals surface area contributed by atoms with Crippen LogP contribution in [0.2, 0.25) is 0 Å². The van der Waals surface area contributed by atoms with Crippen LogP contribution >= 0.6 is 0 Å². The number of benzene rings is 1. The first-order valence-corrected chi connectivity index (χ1v) is 6.95. The lowest BCUT2D eigenvalue weighted by Gasteiger charge is -2.22. The smallest absolute Gasteiger partial charge is 0.122 e. The van der Waals surface area contributed by atoms with Crippen molar-refractivity contribution in [2.45, 2.75) is 26.2 Å². The van der Waals surface area contributed by atoms with Crippen LogP contribution in [-0.2, 0) is 4.74 Å². The fourth-order valence-electron chi connectivity index (χ4n) is 2.44. The third kappa shape index (κ3) is 3.88. The lowest BCUT2D eigenvalue weighted by molar-refractivity contribution is 0.225. The number of rotatable bonds is 5. The van der Waals surface area contributed by atoms with Gasteiger partial charge < -0.3 is 10.1 Å². The van der Waals surface area contributed by atoms with Gasteiger partial charge in [-0.05, 0) is 51.3 Å². The Kier molecular flexibility index (Phi) is 5.28. The van der Waals surface area contributed by atoms with Gasteiger partial charge in [-0.25, -0.2) is 0 Å². The summed E-state index contributed by atoms with van der Waals surface area (Å²) in [6.07, 6.45) is 5.81. The molecule has 1 aromatic rings. The van der Waals surface area contributed by atoms with Gasteiger partial charge in [0.2, 0.25) is 0 Å². The zero-order valence-corrected chi connectivity index (χ0v) is 11.2. The minimum atomic E-state index is 0.833. The first-order chi connectivity index (χ1) is 8.90. The molecule has 0 aliphatic carbocycles. The van der Waals surface area contributed by atoms with Gasteiger partial charge in [0.25, 0.3) is 0 Å². The highest BCUT2D eigenvalue weighted by atomic mass is 16.5. The highest BCUT2D eigenvalue weighted by Gasteiger charge is 2.13. The molecule has 2 nitrogen and oxygen atoms in total. The molecule has 1 heterocycles. The molecule has 0 bridgehead atoms. The van der Waals surface area contributed by atoms with Crippen molar-refractivity contribution in [1.29, 1.82) is 0 Å². The van der Waals surface area contributed by atoms with Gasteiger partial charge in [0.1, 0.15) is 5.76 Å². The molecule has 2 heteroatoms. The van der Waals surface area contributed by atoms with Gasteiger partial charge in [0.05, 0.1) is 6.61 Å². The van der Waals surface area contributed by atoms with Gasteiger partial charge in [0, 0.05) is 5.56 Å². The summed E-state index contributed by atoms with van der Waals surface area (Å²) in [6.45, 7) is 5.20. The van der Waals surface area contributed by atoms with E-state index in [0.717, 1.165) is 18.3 Å². The van der Waals surface area contributed by atoms with E-state index in [1.165, 1.54) is 37.9 Å². The second-order valence-electron chi connectivity index (χ2n) is 4.85. The maximum Gasteiger partial charge on any atom is 0.122 e. The molecule has 2 rings (SSSR count). The van der Waals surface area contributed by atoms with Crippen LogP contribution in [0.25, 0.3) is 5.76 Å². The quantitative estimate of drug-likeness (QED) is 0.802. The highest BCUT2D eigenvalue weighted by molar-refractivity contribution is 5.59. The molecule has 1 aliphatic rings. The van der Waals surface area contributed by atoms with Crippen molar-refractivity contribution in [1.82, 2.24) is 5.32 Å². The van der Waals surface area contributed by atoms with E-state index in [2.05, 4.69) is 35.7 Å². The van der Waals surface area contributed by atoms with Crippen LogP contribution in [0, 0.1) is 5.92 Å². The normalized spacial score (nSPS) is 17.7. The number of hydrogen-bond donors (Lipinski definition) is 1. The Morgan fingerprint density at radius 1 is 1.28 bits per heavy atom. The predicted molar refractivity (Wildman–Crippen MR) is 76.3 cm³/mol. The summed E-state index contributed by atoms with van der Waals surface area (Å²) in [4.78, 5) is 0. The largest absolute Gasteiger partial charge is 0.493 e. The van der Waals surface area contributed by atoms with Crippen molar-refractivity contribution in [3.63, 3.8) is 0 Å². The fraction of sp³-hybridized carbons (Fsp3) is 0.500. The standard InChI is InChI=1S/C16H23NO/c1-2-16(15-6-4-3-5-7-15)18-13-10-14-8-11-17-12-9-14/h2-7,14,17H,8-13H2,1H3/b16-2-. The number of nitrogens with one attached hydrogen (secondary N) is 1. The third-order valence-electron chi connectivity index (χ3n) is 3.56. The molecule has 0 amide bonds. The molecular formula is C16H23NO. The Bertz CT molecular complexity index is 366. The Labute approximate surface area is 110 Å². The zero-order chi connectivity index (χ0) is 12.6. The summed E-state index contributed by atoms with van der Waals surface area (Å²) < 4.78 is 5.92. The molecular weight excluding hydrogens is 222 g/mol. The number of ether oxygens (including phenoxy) is 1. The Morgan fingerprint density at radius 2 is 2.00 bits per heavy atom. The average molecular weight is 245 g/mol. The van der Waals surface area contributed by atoms with Gasteiger partial charge in [-0.2, -0.15) is 0 Å². The summed E-state index contributed by atoms with van der Waals surface area (Å²) >= 11 is 0. The van der Waals surface area contributed by atoms with E-state index in [-0.39, 0.29) is 0 Å². The molecule has 0 saturated carbocycles. The van der Waals surface area contributed by atoms with E-state index in [1.54, 1.807) is 0 Å². The third-order valence-corrected chi connectivity index (χ3v) is 3.56. The van der Waals surface area contributed by atoms with Gasteiger partial charge in [-0.15, -0.1) is 0 Å². The maximum absolute atomic E-state index is 5.92. The first kappa shape index (κ1) is 13.2. The summed E-state index contributed by atoms with van der Waals surface area (Å²) in [5.74, 6) is 1.84. The van der Waals surface area contributed by atoms with Crippen molar-refractivity contribution in [3.05, 3.63) is 42.0 Å². The molecule has 0 atom stereocenters. The summed E-state index contributed by atoms with van der Waals surface area (Å²) in [6, 6.07) is 10.3. The number of allylic oxidation sites excluding steroid dienone is 1. The highest BCUT2D eigenvalue weighted by Crippen LogP contribution is 2.19. The summed E-state index contributed by atoms with van der Waals surface area (Å²) in [7, 11) is 0. The van der Waals surface area contributed by atoms with E-state index >= 15 is 0 Å². The second kappa shape index (κ2) is 7.22. The summed E-state index contributed by atoms with van der Waals surface area (Å²) in [5.41, 5.74) is 1.17. The molecule has 18 heavy (non-hydrogen) atoms. The summed E-state index contributed by atoms with van der Waals surface area (Å²) in [5, 5.41) is 3.40. The maximum atomic E-state index is 5.92. The second-order valence-corrected chi connectivity index (χ2v) is 4.85. The topological polar surface area (TPSA) is 21.3 Å². The lowest BCUT2D eigenvalue weighted by Crippen LogP contribution is -2.28. The average Bonchev–Trinajstić information content (AvgIpc) is 2.46. The molecule has 0 unspecified atom stereocenters. The molecule has 0 spiro atoms. The fourth-order valence-corrected chi connectivity index (χ4v) is 2.44. The number of hydrogen-bond acceptors (Lipinski definition) is 2. The van der Waals surface area contributed by atoms with Crippen molar-refractivity contribution < 1.29 is 4.74 Å². The number of piperidine rings is 1. The molecule has 1 N–H and O–H groups in total. The van der Waals surface area contributed by atoms with Crippen LogP contribution in [0.15, 0.2) is 36.4 Å². The molecule has 1 aromatic carbocycles. The van der Waals surface area contributed by atoms with Gasteiger partial charge in [-0.1, -0.05) is 30.3 Å². The van der Waals surface area contributed by atoms with E-state index < -0.39 is 0 Å². The van der Waals surface area contributed by atoms with Crippen molar-refractivity contribution in [3.8, 4) is 0 Å².